The molecule has 0 bridgehead atoms. The van der Waals surface area contributed by atoms with Gasteiger partial charge in [-0.15, -0.1) is 0 Å². The molecule has 7 heteroatoms. The van der Waals surface area contributed by atoms with Gasteiger partial charge in [0.2, 0.25) is 5.91 Å². The number of aromatic amines is 1. The van der Waals surface area contributed by atoms with Crippen LogP contribution >= 0.6 is 0 Å². The van der Waals surface area contributed by atoms with Gasteiger partial charge in [-0.3, -0.25) is 20.4 Å². The molecule has 29 heavy (non-hydrogen) atoms. The highest BCUT2D eigenvalue weighted by Gasteiger charge is 2.17. The third kappa shape index (κ3) is 4.30. The highest BCUT2D eigenvalue weighted by atomic mass is 16.5. The summed E-state index contributed by atoms with van der Waals surface area (Å²) in [5.74, 6) is -0.105. The van der Waals surface area contributed by atoms with Gasteiger partial charge in [0.15, 0.2) is 5.76 Å². The van der Waals surface area contributed by atoms with E-state index in [9.17, 15) is 9.59 Å². The van der Waals surface area contributed by atoms with E-state index in [4.69, 9.17) is 9.15 Å². The van der Waals surface area contributed by atoms with Crippen molar-refractivity contribution in [2.75, 3.05) is 0 Å². The number of hydrazine groups is 1. The van der Waals surface area contributed by atoms with Crippen molar-refractivity contribution in [2.45, 2.75) is 13.0 Å². The molecule has 0 saturated heterocycles. The molecule has 0 radical (unpaired) electrons. The average Bonchev–Trinajstić information content (AvgIpc) is 3.39. The van der Waals surface area contributed by atoms with Crippen LogP contribution in [0.2, 0.25) is 0 Å². The third-order valence-electron chi connectivity index (χ3n) is 4.43. The predicted molar refractivity (Wildman–Crippen MR) is 107 cm³/mol. The Labute approximate surface area is 166 Å². The van der Waals surface area contributed by atoms with Crippen molar-refractivity contribution in [3.8, 4) is 5.75 Å². The Morgan fingerprint density at radius 3 is 2.59 bits per heavy atom. The Balaban J connectivity index is 1.33. The van der Waals surface area contributed by atoms with Crippen molar-refractivity contribution in [3.63, 3.8) is 0 Å². The van der Waals surface area contributed by atoms with E-state index < -0.39 is 5.91 Å². The number of benzene rings is 2. The maximum absolute atomic E-state index is 12.4. The van der Waals surface area contributed by atoms with E-state index in [0.29, 0.717) is 11.3 Å². The minimum absolute atomic E-state index is 0.0910. The highest BCUT2D eigenvalue weighted by Crippen LogP contribution is 2.18. The van der Waals surface area contributed by atoms with Crippen LogP contribution in [0.25, 0.3) is 10.9 Å². The van der Waals surface area contributed by atoms with Crippen molar-refractivity contribution in [1.29, 1.82) is 0 Å². The quantitative estimate of drug-likeness (QED) is 0.441. The Kier molecular flexibility index (Phi) is 5.29. The van der Waals surface area contributed by atoms with Crippen molar-refractivity contribution >= 4 is 22.7 Å². The Morgan fingerprint density at radius 2 is 1.72 bits per heavy atom. The molecule has 0 aliphatic heterocycles. The molecule has 0 fully saturated rings. The molecule has 3 N–H and O–H groups in total. The first-order chi connectivity index (χ1) is 14.2. The van der Waals surface area contributed by atoms with Gasteiger partial charge in [0.25, 0.3) is 0 Å². The number of ether oxygens (including phenoxy) is 1. The topological polar surface area (TPSA) is 96.4 Å². The van der Waals surface area contributed by atoms with Gasteiger partial charge < -0.3 is 14.1 Å². The normalized spacial score (nSPS) is 10.6. The van der Waals surface area contributed by atoms with Gasteiger partial charge in [0.1, 0.15) is 12.4 Å². The fourth-order valence-corrected chi connectivity index (χ4v) is 3.00. The highest BCUT2D eigenvalue weighted by molar-refractivity contribution is 5.95. The summed E-state index contributed by atoms with van der Waals surface area (Å²) in [6.45, 7) is 0.173. The maximum Gasteiger partial charge on any atom is 0.305 e. The van der Waals surface area contributed by atoms with Crippen molar-refractivity contribution in [2.24, 2.45) is 0 Å². The second-order valence-electron chi connectivity index (χ2n) is 6.42. The summed E-state index contributed by atoms with van der Waals surface area (Å²) in [5, 5.41) is 0.973. The summed E-state index contributed by atoms with van der Waals surface area (Å²) in [5.41, 5.74) is 7.19. The lowest BCUT2D eigenvalue weighted by molar-refractivity contribution is -0.121. The first-order valence-electron chi connectivity index (χ1n) is 9.09. The predicted octanol–water partition coefficient (Wildman–Crippen LogP) is 3.34. The fraction of sp³-hybridized carbons (Fsp3) is 0.0909. The number of H-pyrrole nitrogens is 1. The van der Waals surface area contributed by atoms with Crippen LogP contribution in [0.1, 0.15) is 21.7 Å². The number of carbonyl (C=O) groups excluding carboxylic acids is 2. The first kappa shape index (κ1) is 18.4. The van der Waals surface area contributed by atoms with Crippen LogP contribution in [0.5, 0.6) is 5.75 Å². The fourth-order valence-electron chi connectivity index (χ4n) is 3.00. The number of amides is 2. The van der Waals surface area contributed by atoms with Crippen molar-refractivity contribution in [3.05, 3.63) is 90.0 Å². The number of hydrogen-bond acceptors (Lipinski definition) is 4. The first-order valence-corrected chi connectivity index (χ1v) is 9.09. The molecular formula is C22H19N3O4. The lowest BCUT2D eigenvalue weighted by atomic mass is 10.1. The summed E-state index contributed by atoms with van der Waals surface area (Å²) in [4.78, 5) is 27.7. The minimum atomic E-state index is -0.547. The van der Waals surface area contributed by atoms with E-state index in [1.807, 2.05) is 54.6 Å². The molecule has 2 aromatic carbocycles. The summed E-state index contributed by atoms with van der Waals surface area (Å²) in [6, 6.07) is 18.6. The molecule has 0 spiro atoms. The smallest absolute Gasteiger partial charge is 0.305 e. The molecule has 4 rings (SSSR count). The van der Waals surface area contributed by atoms with Crippen LogP contribution < -0.4 is 15.6 Å². The number of fused-ring (bicyclic) bond motifs is 1. The van der Waals surface area contributed by atoms with E-state index >= 15 is 0 Å². The molecule has 0 atom stereocenters. The molecule has 2 heterocycles. The van der Waals surface area contributed by atoms with Gasteiger partial charge in [-0.05, 0) is 29.8 Å². The summed E-state index contributed by atoms with van der Waals surface area (Å²) >= 11 is 0. The van der Waals surface area contributed by atoms with Crippen LogP contribution in [0.3, 0.4) is 0 Å². The standard InChI is InChI=1S/C22H19N3O4/c26-20(12-16-13-23-19-9-5-4-8-18(16)19)24-25-22(27)21-15(10-11-28-21)14-29-17-6-2-1-3-7-17/h1-11,13,23H,12,14H2,(H,24,26)(H,25,27). The molecule has 4 aromatic rings. The summed E-state index contributed by atoms with van der Waals surface area (Å²) in [6.07, 6.45) is 3.33. The van der Waals surface area contributed by atoms with E-state index in [1.54, 1.807) is 12.3 Å². The van der Waals surface area contributed by atoms with E-state index in [1.165, 1.54) is 6.26 Å². The second-order valence-corrected chi connectivity index (χ2v) is 6.42. The van der Waals surface area contributed by atoms with E-state index in [-0.39, 0.29) is 24.7 Å². The van der Waals surface area contributed by atoms with Gasteiger partial charge >= 0.3 is 5.91 Å². The van der Waals surface area contributed by atoms with E-state index in [2.05, 4.69) is 15.8 Å². The number of nitrogens with one attached hydrogen (secondary N) is 3. The monoisotopic (exact) mass is 389 g/mol. The molecule has 2 aromatic heterocycles. The number of aromatic nitrogens is 1. The van der Waals surface area contributed by atoms with Crippen LogP contribution in [0.15, 0.2) is 77.5 Å². The number of carbonyl (C=O) groups is 2. The number of rotatable bonds is 6. The third-order valence-corrected chi connectivity index (χ3v) is 4.43. The van der Waals surface area contributed by atoms with Crippen molar-refractivity contribution < 1.29 is 18.7 Å². The van der Waals surface area contributed by atoms with Gasteiger partial charge in [0, 0.05) is 22.7 Å². The maximum atomic E-state index is 12.4. The molecule has 0 saturated carbocycles. The summed E-state index contributed by atoms with van der Waals surface area (Å²) < 4.78 is 10.9. The number of furan rings is 1. The van der Waals surface area contributed by atoms with Crippen molar-refractivity contribution in [1.82, 2.24) is 15.8 Å². The summed E-state index contributed by atoms with van der Waals surface area (Å²) in [7, 11) is 0. The van der Waals surface area contributed by atoms with E-state index in [0.717, 1.165) is 16.5 Å². The van der Waals surface area contributed by atoms with Gasteiger partial charge in [-0.2, -0.15) is 0 Å². The Morgan fingerprint density at radius 1 is 0.931 bits per heavy atom. The zero-order chi connectivity index (χ0) is 20.1. The molecule has 0 unspecified atom stereocenters. The van der Waals surface area contributed by atoms with Gasteiger partial charge in [-0.1, -0.05) is 36.4 Å². The second kappa shape index (κ2) is 8.35. The van der Waals surface area contributed by atoms with Crippen LogP contribution in [-0.4, -0.2) is 16.8 Å². The zero-order valence-electron chi connectivity index (χ0n) is 15.5. The molecule has 7 nitrogen and oxygen atoms in total. The largest absolute Gasteiger partial charge is 0.489 e. The molecule has 0 aliphatic carbocycles. The van der Waals surface area contributed by atoms with Crippen LogP contribution in [-0.2, 0) is 17.8 Å². The molecular weight excluding hydrogens is 370 g/mol. The molecule has 2 amide bonds. The number of para-hydroxylation sites is 2. The van der Waals surface area contributed by atoms with Crippen LogP contribution in [0.4, 0.5) is 0 Å². The lowest BCUT2D eigenvalue weighted by Crippen LogP contribution is -2.42. The van der Waals surface area contributed by atoms with Crippen LogP contribution in [0, 0.1) is 0 Å². The van der Waals surface area contributed by atoms with Gasteiger partial charge in [-0.25, -0.2) is 0 Å². The zero-order valence-corrected chi connectivity index (χ0v) is 15.5. The van der Waals surface area contributed by atoms with Gasteiger partial charge in [0.05, 0.1) is 12.7 Å². The lowest BCUT2D eigenvalue weighted by Gasteiger charge is -2.08. The minimum Gasteiger partial charge on any atom is -0.489 e. The molecule has 0 aliphatic rings. The Hall–Kier alpha value is -4.00. The Bertz CT molecular complexity index is 1130. The average molecular weight is 389 g/mol. The number of hydrogen-bond donors (Lipinski definition) is 3. The molecule has 146 valence electrons. The SMILES string of the molecule is O=C(Cc1c[nH]c2ccccc12)NNC(=O)c1occc1COc1ccccc1.